The van der Waals surface area contributed by atoms with Crippen molar-refractivity contribution in [2.75, 3.05) is 6.26 Å². The van der Waals surface area contributed by atoms with Gasteiger partial charge in [0.25, 0.3) is 0 Å². The molecule has 0 bridgehead atoms. The number of hydrogen-bond acceptors (Lipinski definition) is 3. The van der Waals surface area contributed by atoms with Crippen molar-refractivity contribution in [2.45, 2.75) is 33.8 Å². The number of aliphatic hydroxyl groups excluding tert-OH is 1. The molecular formula is C12H22OS2. The zero-order valence-corrected chi connectivity index (χ0v) is 11.9. The van der Waals surface area contributed by atoms with Crippen molar-refractivity contribution in [2.24, 2.45) is 17.3 Å². The van der Waals surface area contributed by atoms with E-state index in [1.807, 2.05) is 33.1 Å². The van der Waals surface area contributed by atoms with Crippen LogP contribution in [0.15, 0.2) is 12.7 Å². The van der Waals surface area contributed by atoms with E-state index in [1.54, 1.807) is 11.8 Å². The third-order valence-corrected chi connectivity index (χ3v) is 4.09. The van der Waals surface area contributed by atoms with Crippen molar-refractivity contribution >= 4 is 28.2 Å². The predicted molar refractivity (Wildman–Crippen MR) is 74.4 cm³/mol. The minimum absolute atomic E-state index is 0.00694. The highest BCUT2D eigenvalue weighted by molar-refractivity contribution is 8.22. The molecule has 0 aromatic rings. The summed E-state index contributed by atoms with van der Waals surface area (Å²) in [6.45, 7) is 11.9. The second kappa shape index (κ2) is 6.02. The molecule has 0 heterocycles. The van der Waals surface area contributed by atoms with Crippen LogP contribution in [-0.2, 0) is 0 Å². The highest BCUT2D eigenvalue weighted by Crippen LogP contribution is 2.33. The number of thioether (sulfide) groups is 1. The molecule has 1 N–H and O–H groups in total. The van der Waals surface area contributed by atoms with Crippen LogP contribution in [0.2, 0.25) is 0 Å². The Labute approximate surface area is 103 Å². The van der Waals surface area contributed by atoms with Crippen LogP contribution in [0, 0.1) is 17.3 Å². The van der Waals surface area contributed by atoms with Gasteiger partial charge >= 0.3 is 0 Å². The lowest BCUT2D eigenvalue weighted by atomic mass is 9.77. The first-order valence-electron chi connectivity index (χ1n) is 5.14. The molecule has 0 aliphatic heterocycles. The zero-order valence-electron chi connectivity index (χ0n) is 10.3. The van der Waals surface area contributed by atoms with Crippen LogP contribution in [0.25, 0.3) is 0 Å². The summed E-state index contributed by atoms with van der Waals surface area (Å²) in [5.74, 6) is 0.215. The van der Waals surface area contributed by atoms with Gasteiger partial charge < -0.3 is 5.11 Å². The number of thiocarbonyl (C=S) groups is 1. The molecule has 3 heteroatoms. The van der Waals surface area contributed by atoms with Crippen LogP contribution in [0.1, 0.15) is 27.7 Å². The van der Waals surface area contributed by atoms with Crippen LogP contribution in [-0.4, -0.2) is 21.7 Å². The molecule has 0 saturated carbocycles. The summed E-state index contributed by atoms with van der Waals surface area (Å²) in [6, 6.07) is 0. The molecule has 88 valence electrons. The van der Waals surface area contributed by atoms with Crippen molar-refractivity contribution in [1.29, 1.82) is 0 Å². The summed E-state index contributed by atoms with van der Waals surface area (Å²) in [5.41, 5.74) is -0.151. The van der Waals surface area contributed by atoms with Gasteiger partial charge in [0.1, 0.15) is 0 Å². The molecule has 0 aliphatic carbocycles. The standard InChI is InChI=1S/C12H22OS2/c1-7-8(2)9(11(14)15-6)10(13)12(3,4)5/h7-10,13H,1H2,2-6H3/t8-,9-,10-/m0/s1. The number of aliphatic hydroxyl groups is 1. The molecule has 0 amide bonds. The van der Waals surface area contributed by atoms with E-state index >= 15 is 0 Å². The second-order valence-corrected chi connectivity index (χ2v) is 6.50. The van der Waals surface area contributed by atoms with E-state index in [-0.39, 0.29) is 17.3 Å². The number of allylic oxidation sites excluding steroid dienone is 1. The van der Waals surface area contributed by atoms with E-state index in [0.717, 1.165) is 4.20 Å². The van der Waals surface area contributed by atoms with Gasteiger partial charge in [0.05, 0.1) is 10.3 Å². The highest BCUT2D eigenvalue weighted by atomic mass is 32.2. The van der Waals surface area contributed by atoms with E-state index in [1.165, 1.54) is 0 Å². The maximum atomic E-state index is 10.3. The molecule has 0 fully saturated rings. The highest BCUT2D eigenvalue weighted by Gasteiger charge is 2.35. The molecule has 0 spiro atoms. The minimum atomic E-state index is -0.426. The monoisotopic (exact) mass is 246 g/mol. The normalized spacial score (nSPS) is 18.0. The average molecular weight is 246 g/mol. The summed E-state index contributed by atoms with van der Waals surface area (Å²) in [7, 11) is 0. The Balaban J connectivity index is 4.94. The maximum absolute atomic E-state index is 10.3. The van der Waals surface area contributed by atoms with Gasteiger partial charge in [0.15, 0.2) is 0 Å². The van der Waals surface area contributed by atoms with E-state index in [4.69, 9.17) is 12.2 Å². The van der Waals surface area contributed by atoms with Crippen LogP contribution >= 0.6 is 24.0 Å². The molecule has 3 atom stereocenters. The third kappa shape index (κ3) is 4.25. The molecule has 0 aromatic carbocycles. The first kappa shape index (κ1) is 15.1. The quantitative estimate of drug-likeness (QED) is 0.605. The number of hydrogen-bond donors (Lipinski definition) is 1. The topological polar surface area (TPSA) is 20.2 Å². The molecule has 0 unspecified atom stereocenters. The lowest BCUT2D eigenvalue weighted by Crippen LogP contribution is -2.39. The van der Waals surface area contributed by atoms with E-state index < -0.39 is 6.10 Å². The average Bonchev–Trinajstić information content (AvgIpc) is 2.15. The molecule has 0 radical (unpaired) electrons. The van der Waals surface area contributed by atoms with Gasteiger partial charge in [-0.1, -0.05) is 46.0 Å². The van der Waals surface area contributed by atoms with Gasteiger partial charge in [-0.05, 0) is 17.6 Å². The molecule has 0 rings (SSSR count). The van der Waals surface area contributed by atoms with Crippen LogP contribution in [0.4, 0.5) is 0 Å². The fourth-order valence-corrected chi connectivity index (χ4v) is 2.41. The van der Waals surface area contributed by atoms with Gasteiger partial charge in [0, 0.05) is 5.92 Å². The third-order valence-electron chi connectivity index (χ3n) is 2.64. The van der Waals surface area contributed by atoms with Gasteiger partial charge in [-0.2, -0.15) is 0 Å². The smallest absolute Gasteiger partial charge is 0.0675 e. The Hall–Kier alpha value is 0.140. The van der Waals surface area contributed by atoms with Crippen LogP contribution in [0.5, 0.6) is 0 Å². The lowest BCUT2D eigenvalue weighted by molar-refractivity contribution is 0.0256. The Morgan fingerprint density at radius 2 is 1.93 bits per heavy atom. The molecule has 0 saturated heterocycles. The Morgan fingerprint density at radius 1 is 1.47 bits per heavy atom. The van der Waals surface area contributed by atoms with Crippen molar-refractivity contribution < 1.29 is 5.11 Å². The predicted octanol–water partition coefficient (Wildman–Crippen LogP) is 3.52. The molecular weight excluding hydrogens is 224 g/mol. The summed E-state index contributed by atoms with van der Waals surface area (Å²) in [4.78, 5) is 0. The van der Waals surface area contributed by atoms with Gasteiger partial charge in [-0.25, -0.2) is 0 Å². The molecule has 0 aromatic heterocycles. The van der Waals surface area contributed by atoms with E-state index in [9.17, 15) is 5.11 Å². The second-order valence-electron chi connectivity index (χ2n) is 4.95. The maximum Gasteiger partial charge on any atom is 0.0675 e. The molecule has 15 heavy (non-hydrogen) atoms. The van der Waals surface area contributed by atoms with E-state index in [0.29, 0.717) is 0 Å². The fourth-order valence-electron chi connectivity index (χ4n) is 1.45. The van der Waals surface area contributed by atoms with Crippen LogP contribution in [0.3, 0.4) is 0 Å². The Morgan fingerprint density at radius 3 is 2.20 bits per heavy atom. The first-order valence-corrected chi connectivity index (χ1v) is 6.77. The Kier molecular flexibility index (Phi) is 6.08. The summed E-state index contributed by atoms with van der Waals surface area (Å²) in [6.07, 6.45) is 3.40. The molecule has 1 nitrogen and oxygen atoms in total. The van der Waals surface area contributed by atoms with Crippen molar-refractivity contribution in [3.63, 3.8) is 0 Å². The summed E-state index contributed by atoms with van der Waals surface area (Å²) < 4.78 is 0.866. The van der Waals surface area contributed by atoms with Gasteiger partial charge in [-0.15, -0.1) is 18.3 Å². The fraction of sp³-hybridized carbons (Fsp3) is 0.750. The van der Waals surface area contributed by atoms with Gasteiger partial charge in [0.2, 0.25) is 0 Å². The van der Waals surface area contributed by atoms with Crippen molar-refractivity contribution in [3.05, 3.63) is 12.7 Å². The largest absolute Gasteiger partial charge is 0.392 e. The summed E-state index contributed by atoms with van der Waals surface area (Å²) >= 11 is 6.86. The summed E-state index contributed by atoms with van der Waals surface area (Å²) in [5, 5.41) is 10.3. The van der Waals surface area contributed by atoms with E-state index in [2.05, 4.69) is 13.5 Å². The minimum Gasteiger partial charge on any atom is -0.392 e. The Bertz CT molecular complexity index is 230. The first-order chi connectivity index (χ1) is 6.75. The lowest BCUT2D eigenvalue weighted by Gasteiger charge is -2.35. The SMILES string of the molecule is C=C[C@H](C)[C@H](C(=S)SC)[C@H](O)C(C)(C)C. The van der Waals surface area contributed by atoms with Gasteiger partial charge in [-0.3, -0.25) is 0 Å². The van der Waals surface area contributed by atoms with Crippen molar-refractivity contribution in [3.8, 4) is 0 Å². The zero-order chi connectivity index (χ0) is 12.2. The van der Waals surface area contributed by atoms with Crippen LogP contribution < -0.4 is 0 Å². The molecule has 0 aliphatic rings. The van der Waals surface area contributed by atoms with Crippen molar-refractivity contribution in [1.82, 2.24) is 0 Å². The number of rotatable bonds is 4.